The molecule has 0 amide bonds. The van der Waals surface area contributed by atoms with Gasteiger partial charge in [-0.1, -0.05) is 34.1 Å². The zero-order chi connectivity index (χ0) is 14.5. The molecule has 20 heavy (non-hydrogen) atoms. The highest BCUT2D eigenvalue weighted by Crippen LogP contribution is 2.23. The summed E-state index contributed by atoms with van der Waals surface area (Å²) in [6.07, 6.45) is 0. The number of nitrogen functional groups attached to an aromatic ring is 1. The van der Waals surface area contributed by atoms with Crippen molar-refractivity contribution in [3.05, 3.63) is 56.5 Å². The van der Waals surface area contributed by atoms with Crippen LogP contribution < -0.4 is 16.0 Å². The molecule has 0 aliphatic rings. The van der Waals surface area contributed by atoms with Crippen LogP contribution in [0.4, 0.5) is 11.5 Å². The summed E-state index contributed by atoms with van der Waals surface area (Å²) in [6, 6.07) is 9.99. The Bertz CT molecular complexity index is 636. The van der Waals surface area contributed by atoms with Crippen LogP contribution in [0.5, 0.6) is 5.88 Å². The molecule has 3 N–H and O–H groups in total. The monoisotopic (exact) mass is 338 g/mol. The van der Waals surface area contributed by atoms with Gasteiger partial charge < -0.3 is 10.2 Å². The van der Waals surface area contributed by atoms with Gasteiger partial charge in [-0.05, 0) is 6.07 Å². The van der Waals surface area contributed by atoms with Gasteiger partial charge in [0.15, 0.2) is 5.82 Å². The normalized spacial score (nSPS) is 10.1. The van der Waals surface area contributed by atoms with Crippen molar-refractivity contribution in [2.75, 3.05) is 5.43 Å². The number of pyridine rings is 1. The summed E-state index contributed by atoms with van der Waals surface area (Å²) in [5.41, 5.74) is 3.03. The predicted octanol–water partition coefficient (Wildman–Crippen LogP) is 2.62. The molecule has 1 aromatic heterocycles. The van der Waals surface area contributed by atoms with Crippen LogP contribution in [0.2, 0.25) is 0 Å². The third kappa shape index (κ3) is 3.43. The second kappa shape index (κ2) is 6.31. The fraction of sp³-hybridized carbons (Fsp3) is 0.0833. The van der Waals surface area contributed by atoms with Crippen molar-refractivity contribution in [2.45, 2.75) is 6.61 Å². The van der Waals surface area contributed by atoms with Gasteiger partial charge in [0.1, 0.15) is 6.61 Å². The van der Waals surface area contributed by atoms with Gasteiger partial charge >= 0.3 is 0 Å². The summed E-state index contributed by atoms with van der Waals surface area (Å²) in [5, 5.41) is 10.8. The number of ether oxygens (including phenoxy) is 1. The molecule has 0 fully saturated rings. The van der Waals surface area contributed by atoms with Gasteiger partial charge in [-0.25, -0.2) is 5.84 Å². The van der Waals surface area contributed by atoms with Crippen LogP contribution in [0.1, 0.15) is 5.56 Å². The van der Waals surface area contributed by atoms with Gasteiger partial charge in [0, 0.05) is 10.0 Å². The Kier molecular flexibility index (Phi) is 4.49. The minimum Gasteiger partial charge on any atom is -0.473 e. The number of hydrazine groups is 1. The Morgan fingerprint density at radius 2 is 2.15 bits per heavy atom. The standard InChI is InChI=1S/C12H11BrN4O3/c13-10-4-2-1-3-8(10)7-20-12-6-9(17(18)19)5-11(15-12)16-14/h1-6H,7,14H2,(H,15,16). The first kappa shape index (κ1) is 14.2. The lowest BCUT2D eigenvalue weighted by atomic mass is 10.2. The number of nitrogens with one attached hydrogen (secondary N) is 1. The summed E-state index contributed by atoms with van der Waals surface area (Å²) in [7, 11) is 0. The number of hydrogen-bond acceptors (Lipinski definition) is 6. The molecule has 0 aliphatic carbocycles. The number of hydrogen-bond donors (Lipinski definition) is 2. The van der Waals surface area contributed by atoms with Gasteiger partial charge in [-0.2, -0.15) is 4.98 Å². The number of aromatic nitrogens is 1. The highest BCUT2D eigenvalue weighted by molar-refractivity contribution is 9.10. The molecular formula is C12H11BrN4O3. The summed E-state index contributed by atoms with van der Waals surface area (Å²) in [4.78, 5) is 14.3. The highest BCUT2D eigenvalue weighted by atomic mass is 79.9. The van der Waals surface area contributed by atoms with Gasteiger partial charge in [0.05, 0.1) is 17.1 Å². The highest BCUT2D eigenvalue weighted by Gasteiger charge is 2.12. The lowest BCUT2D eigenvalue weighted by molar-refractivity contribution is -0.384. The van der Waals surface area contributed by atoms with E-state index in [1.54, 1.807) is 0 Å². The van der Waals surface area contributed by atoms with Gasteiger partial charge in [-0.3, -0.25) is 10.1 Å². The maximum atomic E-state index is 10.8. The Balaban J connectivity index is 2.19. The lowest BCUT2D eigenvalue weighted by Crippen LogP contribution is -2.10. The van der Waals surface area contributed by atoms with Gasteiger partial charge in [0.25, 0.3) is 5.69 Å². The van der Waals surface area contributed by atoms with Crippen molar-refractivity contribution in [3.8, 4) is 5.88 Å². The molecule has 8 heteroatoms. The minimum absolute atomic E-state index is 0.128. The molecule has 104 valence electrons. The van der Waals surface area contributed by atoms with E-state index in [-0.39, 0.29) is 24.0 Å². The molecule has 0 saturated heterocycles. The molecule has 7 nitrogen and oxygen atoms in total. The van der Waals surface area contributed by atoms with E-state index < -0.39 is 4.92 Å². The Morgan fingerprint density at radius 1 is 1.40 bits per heavy atom. The second-order valence-electron chi connectivity index (χ2n) is 3.83. The topological polar surface area (TPSA) is 103 Å². The van der Waals surface area contributed by atoms with E-state index >= 15 is 0 Å². The molecule has 0 unspecified atom stereocenters. The number of rotatable bonds is 5. The zero-order valence-electron chi connectivity index (χ0n) is 10.2. The van der Waals surface area contributed by atoms with Crippen LogP contribution >= 0.6 is 15.9 Å². The van der Waals surface area contributed by atoms with Crippen molar-refractivity contribution < 1.29 is 9.66 Å². The van der Waals surface area contributed by atoms with E-state index in [1.165, 1.54) is 12.1 Å². The molecule has 2 rings (SSSR count). The lowest BCUT2D eigenvalue weighted by Gasteiger charge is -2.08. The fourth-order valence-corrected chi connectivity index (χ4v) is 1.91. The second-order valence-corrected chi connectivity index (χ2v) is 4.68. The minimum atomic E-state index is -0.534. The van der Waals surface area contributed by atoms with Crippen LogP contribution in [0.15, 0.2) is 40.9 Å². The molecular weight excluding hydrogens is 328 g/mol. The van der Waals surface area contributed by atoms with E-state index in [4.69, 9.17) is 10.6 Å². The van der Waals surface area contributed by atoms with Crippen molar-refractivity contribution in [1.29, 1.82) is 0 Å². The van der Waals surface area contributed by atoms with E-state index in [1.807, 2.05) is 24.3 Å². The molecule has 0 bridgehead atoms. The Morgan fingerprint density at radius 3 is 2.80 bits per heavy atom. The van der Waals surface area contributed by atoms with Crippen LogP contribution in [0.3, 0.4) is 0 Å². The Hall–Kier alpha value is -2.19. The zero-order valence-corrected chi connectivity index (χ0v) is 11.8. The fourth-order valence-electron chi connectivity index (χ4n) is 1.51. The van der Waals surface area contributed by atoms with Gasteiger partial charge in [-0.15, -0.1) is 0 Å². The third-order valence-electron chi connectivity index (χ3n) is 2.48. The van der Waals surface area contributed by atoms with Crippen molar-refractivity contribution in [2.24, 2.45) is 5.84 Å². The molecule has 0 spiro atoms. The van der Waals surface area contributed by atoms with Crippen molar-refractivity contribution in [1.82, 2.24) is 4.98 Å². The molecule has 0 atom stereocenters. The number of nitrogens with two attached hydrogens (primary N) is 1. The van der Waals surface area contributed by atoms with Crippen LogP contribution in [0, 0.1) is 10.1 Å². The third-order valence-corrected chi connectivity index (χ3v) is 3.25. The maximum Gasteiger partial charge on any atom is 0.278 e. The number of nitrogens with zero attached hydrogens (tertiary/aromatic N) is 2. The van der Waals surface area contributed by atoms with E-state index in [0.29, 0.717) is 0 Å². The largest absolute Gasteiger partial charge is 0.473 e. The summed E-state index contributed by atoms with van der Waals surface area (Å²) >= 11 is 3.39. The smallest absolute Gasteiger partial charge is 0.278 e. The van der Waals surface area contributed by atoms with Crippen molar-refractivity contribution >= 4 is 27.4 Å². The van der Waals surface area contributed by atoms with E-state index in [2.05, 4.69) is 26.3 Å². The summed E-state index contributed by atoms with van der Waals surface area (Å²) in [6.45, 7) is 0.236. The average molecular weight is 339 g/mol. The number of benzene rings is 1. The predicted molar refractivity (Wildman–Crippen MR) is 77.2 cm³/mol. The Labute approximate surface area is 123 Å². The molecule has 0 saturated carbocycles. The molecule has 0 aliphatic heterocycles. The van der Waals surface area contributed by atoms with Crippen molar-refractivity contribution in [3.63, 3.8) is 0 Å². The number of anilines is 1. The molecule has 2 aromatic rings. The quantitative estimate of drug-likeness (QED) is 0.493. The first-order valence-electron chi connectivity index (χ1n) is 5.59. The first-order valence-corrected chi connectivity index (χ1v) is 6.39. The number of nitro groups is 1. The number of halogens is 1. The maximum absolute atomic E-state index is 10.8. The van der Waals surface area contributed by atoms with Crippen LogP contribution in [-0.2, 0) is 6.61 Å². The summed E-state index contributed by atoms with van der Waals surface area (Å²) in [5.74, 6) is 5.52. The van der Waals surface area contributed by atoms with Crippen LogP contribution in [0.25, 0.3) is 0 Å². The molecule has 1 aromatic carbocycles. The van der Waals surface area contributed by atoms with Gasteiger partial charge in [0.2, 0.25) is 5.88 Å². The molecule has 0 radical (unpaired) electrons. The average Bonchev–Trinajstić information content (AvgIpc) is 2.46. The first-order chi connectivity index (χ1) is 9.60. The van der Waals surface area contributed by atoms with E-state index in [9.17, 15) is 10.1 Å². The SMILES string of the molecule is NNc1cc([N+](=O)[O-])cc(OCc2ccccc2Br)n1. The van der Waals surface area contributed by atoms with Crippen LogP contribution in [-0.4, -0.2) is 9.91 Å². The summed E-state index contributed by atoms with van der Waals surface area (Å²) < 4.78 is 6.36. The van der Waals surface area contributed by atoms with E-state index in [0.717, 1.165) is 10.0 Å². The molecule has 1 heterocycles.